The minimum absolute atomic E-state index is 0.00540. The molecule has 26 heavy (non-hydrogen) atoms. The van der Waals surface area contributed by atoms with Crippen LogP contribution in [0.25, 0.3) is 0 Å². The second kappa shape index (κ2) is 7.02. The Balaban J connectivity index is 1.45. The summed E-state index contributed by atoms with van der Waals surface area (Å²) in [5.41, 5.74) is 0. The summed E-state index contributed by atoms with van der Waals surface area (Å²) >= 11 is 0. The molecule has 0 bridgehead atoms. The predicted molar refractivity (Wildman–Crippen MR) is 99.2 cm³/mol. The fraction of sp³-hybridized carbons (Fsp3) is 0.737. The summed E-state index contributed by atoms with van der Waals surface area (Å²) in [6.45, 7) is 7.07. The van der Waals surface area contributed by atoms with Crippen LogP contribution in [-0.2, 0) is 4.79 Å². The molecule has 1 N–H and O–H groups in total. The molecule has 3 fully saturated rings. The number of methoxy groups -OCH3 is 1. The number of hydrogen-bond donors (Lipinski definition) is 1. The van der Waals surface area contributed by atoms with Crippen molar-refractivity contribution < 1.29 is 9.53 Å². The molecule has 142 valence electrons. The zero-order valence-corrected chi connectivity index (χ0v) is 15.9. The molecule has 2 saturated heterocycles. The summed E-state index contributed by atoms with van der Waals surface area (Å²) in [6, 6.07) is 2.64. The van der Waals surface area contributed by atoms with E-state index in [2.05, 4.69) is 38.9 Å². The first-order valence-electron chi connectivity index (χ1n) is 9.73. The van der Waals surface area contributed by atoms with E-state index in [-0.39, 0.29) is 11.9 Å². The van der Waals surface area contributed by atoms with Crippen molar-refractivity contribution in [1.82, 2.24) is 20.2 Å². The Bertz CT molecular complexity index is 663. The van der Waals surface area contributed by atoms with Gasteiger partial charge in [-0.1, -0.05) is 0 Å². The Kier molecular flexibility index (Phi) is 4.73. The van der Waals surface area contributed by atoms with Gasteiger partial charge in [-0.15, -0.1) is 0 Å². The lowest BCUT2D eigenvalue weighted by molar-refractivity contribution is -0.126. The second-order valence-electron chi connectivity index (χ2n) is 8.13. The normalized spacial score (nSPS) is 28.5. The van der Waals surface area contributed by atoms with Gasteiger partial charge < -0.3 is 15.0 Å². The molecule has 2 aliphatic heterocycles. The molecule has 1 aliphatic carbocycles. The number of rotatable bonds is 6. The third-order valence-corrected chi connectivity index (χ3v) is 6.00. The highest BCUT2D eigenvalue weighted by molar-refractivity contribution is 5.82. The van der Waals surface area contributed by atoms with Gasteiger partial charge in [-0.05, 0) is 44.9 Å². The van der Waals surface area contributed by atoms with Crippen molar-refractivity contribution in [2.75, 3.05) is 31.6 Å². The smallest absolute Gasteiger partial charge is 0.237 e. The minimum Gasteiger partial charge on any atom is -0.481 e. The molecule has 7 heteroatoms. The maximum absolute atomic E-state index is 12.8. The molecule has 1 aromatic rings. The van der Waals surface area contributed by atoms with E-state index in [1.54, 1.807) is 13.4 Å². The number of aromatic nitrogens is 2. The molecular weight excluding hydrogens is 330 g/mol. The van der Waals surface area contributed by atoms with Crippen LogP contribution in [-0.4, -0.2) is 65.6 Å². The van der Waals surface area contributed by atoms with Crippen LogP contribution < -0.4 is 15.0 Å². The van der Waals surface area contributed by atoms with Crippen LogP contribution in [0.4, 0.5) is 5.82 Å². The Morgan fingerprint density at radius 3 is 2.85 bits per heavy atom. The van der Waals surface area contributed by atoms with Crippen LogP contribution in [0, 0.1) is 11.8 Å². The van der Waals surface area contributed by atoms with Crippen LogP contribution in [0.1, 0.15) is 33.1 Å². The van der Waals surface area contributed by atoms with Gasteiger partial charge in [-0.3, -0.25) is 9.69 Å². The van der Waals surface area contributed by atoms with Crippen LogP contribution in [0.5, 0.6) is 5.88 Å². The molecular formula is C19H29N5O2. The van der Waals surface area contributed by atoms with Gasteiger partial charge in [0, 0.05) is 37.8 Å². The highest BCUT2D eigenvalue weighted by Gasteiger charge is 2.50. The molecule has 0 aromatic carbocycles. The summed E-state index contributed by atoms with van der Waals surface area (Å²) in [6.07, 6.45) is 5.01. The number of carbonyl (C=O) groups is 1. The Morgan fingerprint density at radius 1 is 1.35 bits per heavy atom. The van der Waals surface area contributed by atoms with E-state index < -0.39 is 0 Å². The number of fused-ring (bicyclic) bond motifs is 1. The van der Waals surface area contributed by atoms with Crippen molar-refractivity contribution in [1.29, 1.82) is 0 Å². The second-order valence-corrected chi connectivity index (χ2v) is 8.13. The third kappa shape index (κ3) is 3.37. The Labute approximate surface area is 155 Å². The molecule has 4 rings (SSSR count). The van der Waals surface area contributed by atoms with Gasteiger partial charge >= 0.3 is 0 Å². The first kappa shape index (κ1) is 17.5. The monoisotopic (exact) mass is 359 g/mol. The van der Waals surface area contributed by atoms with Gasteiger partial charge in [0.15, 0.2) is 0 Å². The number of nitrogens with zero attached hydrogens (tertiary/aromatic N) is 4. The van der Waals surface area contributed by atoms with Gasteiger partial charge in [0.1, 0.15) is 12.1 Å². The van der Waals surface area contributed by atoms with Crippen molar-refractivity contribution in [2.24, 2.45) is 11.8 Å². The molecule has 3 heterocycles. The first-order valence-corrected chi connectivity index (χ1v) is 9.73. The standard InChI is InChI=1S/C19H29N5O2/c1-12(2)24-15(19(25)20-8-13-4-5-13)6-14-9-23(10-16(14)24)17-7-18(26-3)22-11-21-17/h7,11-16H,4-6,8-10H2,1-3H3,(H,20,25)/t14-,15+,16+/m0/s1. The topological polar surface area (TPSA) is 70.6 Å². The highest BCUT2D eigenvalue weighted by Crippen LogP contribution is 2.39. The average molecular weight is 359 g/mol. The van der Waals surface area contributed by atoms with Crippen molar-refractivity contribution >= 4 is 11.7 Å². The van der Waals surface area contributed by atoms with Crippen molar-refractivity contribution in [3.63, 3.8) is 0 Å². The van der Waals surface area contributed by atoms with Crippen molar-refractivity contribution in [3.8, 4) is 5.88 Å². The predicted octanol–water partition coefficient (Wildman–Crippen LogP) is 1.30. The Hall–Kier alpha value is -1.89. The zero-order valence-electron chi connectivity index (χ0n) is 15.9. The lowest BCUT2D eigenvalue weighted by Gasteiger charge is -2.33. The number of anilines is 1. The zero-order chi connectivity index (χ0) is 18.3. The lowest BCUT2D eigenvalue weighted by atomic mass is 10.0. The Morgan fingerprint density at radius 2 is 2.15 bits per heavy atom. The molecule has 3 atom stereocenters. The van der Waals surface area contributed by atoms with E-state index in [1.807, 2.05) is 6.07 Å². The van der Waals surface area contributed by atoms with Crippen molar-refractivity contribution in [3.05, 3.63) is 12.4 Å². The van der Waals surface area contributed by atoms with Gasteiger partial charge in [-0.2, -0.15) is 0 Å². The number of hydrogen-bond acceptors (Lipinski definition) is 6. The SMILES string of the molecule is COc1cc(N2C[C@@H]3C[C@H](C(=O)NCC4CC4)N(C(C)C)[C@@H]3C2)ncn1. The van der Waals surface area contributed by atoms with Gasteiger partial charge in [-0.25, -0.2) is 9.97 Å². The van der Waals surface area contributed by atoms with Crippen molar-refractivity contribution in [2.45, 2.75) is 51.2 Å². The lowest BCUT2D eigenvalue weighted by Crippen LogP contribution is -2.51. The van der Waals surface area contributed by atoms with E-state index >= 15 is 0 Å². The van der Waals surface area contributed by atoms with E-state index in [0.29, 0.717) is 23.9 Å². The summed E-state index contributed by atoms with van der Waals surface area (Å²) in [5.74, 6) is 2.93. The molecule has 0 spiro atoms. The number of nitrogens with one attached hydrogen (secondary N) is 1. The molecule has 1 saturated carbocycles. The van der Waals surface area contributed by atoms with Crippen LogP contribution in [0.15, 0.2) is 12.4 Å². The van der Waals surface area contributed by atoms with E-state index in [4.69, 9.17) is 4.74 Å². The number of carbonyl (C=O) groups excluding carboxylic acids is 1. The van der Waals surface area contributed by atoms with Crippen LogP contribution in [0.2, 0.25) is 0 Å². The molecule has 0 radical (unpaired) electrons. The van der Waals surface area contributed by atoms with E-state index in [1.165, 1.54) is 12.8 Å². The van der Waals surface area contributed by atoms with E-state index in [0.717, 1.165) is 37.8 Å². The van der Waals surface area contributed by atoms with Gasteiger partial charge in [0.2, 0.25) is 11.8 Å². The van der Waals surface area contributed by atoms with Gasteiger partial charge in [0.25, 0.3) is 0 Å². The summed E-state index contributed by atoms with van der Waals surface area (Å²) in [4.78, 5) is 26.0. The van der Waals surface area contributed by atoms with Crippen LogP contribution >= 0.6 is 0 Å². The van der Waals surface area contributed by atoms with Crippen LogP contribution in [0.3, 0.4) is 0 Å². The van der Waals surface area contributed by atoms with Gasteiger partial charge in [0.05, 0.1) is 13.2 Å². The maximum Gasteiger partial charge on any atom is 0.237 e. The molecule has 7 nitrogen and oxygen atoms in total. The van der Waals surface area contributed by atoms with E-state index in [9.17, 15) is 4.79 Å². The number of likely N-dealkylation sites (tertiary alicyclic amines) is 1. The largest absolute Gasteiger partial charge is 0.481 e. The first-order chi connectivity index (χ1) is 12.6. The number of amides is 1. The average Bonchev–Trinajstić information content (AvgIpc) is 3.26. The summed E-state index contributed by atoms with van der Waals surface area (Å²) in [7, 11) is 1.62. The molecule has 1 amide bonds. The molecule has 1 aromatic heterocycles. The maximum atomic E-state index is 12.8. The minimum atomic E-state index is 0.00540. The fourth-order valence-corrected chi connectivity index (χ4v) is 4.53. The number of ether oxygens (including phenoxy) is 1. The quantitative estimate of drug-likeness (QED) is 0.826. The molecule has 3 aliphatic rings. The fourth-order valence-electron chi connectivity index (χ4n) is 4.53. The highest BCUT2D eigenvalue weighted by atomic mass is 16.5. The molecule has 0 unspecified atom stereocenters. The summed E-state index contributed by atoms with van der Waals surface area (Å²) < 4.78 is 5.23. The third-order valence-electron chi connectivity index (χ3n) is 6.00. The summed E-state index contributed by atoms with van der Waals surface area (Å²) in [5, 5.41) is 3.19.